The number of halogens is 3. The van der Waals surface area contributed by atoms with Crippen molar-refractivity contribution in [3.8, 4) is 0 Å². The SMILES string of the molecule is [C-]#[N+]c1cc(NC(=O)N2Cc3c(nn4c3C(=O)N(C)[C@H](COCC(F)F)C4)C[C@H]2C)ccc1F. The largest absolute Gasteiger partial charge is 0.373 e. The smallest absolute Gasteiger partial charge is 0.322 e. The molecule has 180 valence electrons. The van der Waals surface area contributed by atoms with Crippen molar-refractivity contribution in [1.29, 1.82) is 0 Å². The molecule has 3 heterocycles. The van der Waals surface area contributed by atoms with Gasteiger partial charge in [0.15, 0.2) is 0 Å². The fourth-order valence-corrected chi connectivity index (χ4v) is 4.22. The van der Waals surface area contributed by atoms with Crippen molar-refractivity contribution in [2.24, 2.45) is 0 Å². The molecule has 3 amide bonds. The summed E-state index contributed by atoms with van der Waals surface area (Å²) in [5, 5.41) is 7.25. The summed E-state index contributed by atoms with van der Waals surface area (Å²) in [5.74, 6) is -0.989. The van der Waals surface area contributed by atoms with Crippen molar-refractivity contribution in [3.05, 3.63) is 52.4 Å². The molecular formula is C22H23F3N6O3. The second-order valence-corrected chi connectivity index (χ2v) is 8.34. The Labute approximate surface area is 193 Å². The van der Waals surface area contributed by atoms with Crippen molar-refractivity contribution >= 4 is 23.3 Å². The number of aromatic nitrogens is 2. The molecule has 0 aliphatic carbocycles. The van der Waals surface area contributed by atoms with Gasteiger partial charge in [0.25, 0.3) is 12.3 Å². The number of likely N-dealkylation sites (N-methyl/N-ethyl adjacent to an activating group) is 1. The van der Waals surface area contributed by atoms with Gasteiger partial charge in [0.05, 0.1) is 38.0 Å². The maximum atomic E-state index is 13.6. The molecular weight excluding hydrogens is 453 g/mol. The number of amides is 3. The molecule has 2 aliphatic heterocycles. The predicted octanol–water partition coefficient (Wildman–Crippen LogP) is 3.29. The van der Waals surface area contributed by atoms with Crippen LogP contribution in [0.15, 0.2) is 18.2 Å². The highest BCUT2D eigenvalue weighted by Crippen LogP contribution is 2.30. The second-order valence-electron chi connectivity index (χ2n) is 8.34. The van der Waals surface area contributed by atoms with Crippen LogP contribution in [0.1, 0.15) is 28.7 Å². The van der Waals surface area contributed by atoms with E-state index in [-0.39, 0.29) is 36.5 Å². The van der Waals surface area contributed by atoms with Crippen LogP contribution in [0.2, 0.25) is 0 Å². The van der Waals surface area contributed by atoms with Crippen molar-refractivity contribution < 1.29 is 27.5 Å². The fourth-order valence-electron chi connectivity index (χ4n) is 4.22. The molecule has 0 radical (unpaired) electrons. The molecule has 0 saturated heterocycles. The number of carbonyl (C=O) groups is 2. The summed E-state index contributed by atoms with van der Waals surface area (Å²) in [6, 6.07) is 2.63. The highest BCUT2D eigenvalue weighted by molar-refractivity contribution is 5.96. The van der Waals surface area contributed by atoms with Crippen molar-refractivity contribution in [1.82, 2.24) is 19.6 Å². The summed E-state index contributed by atoms with van der Waals surface area (Å²) in [7, 11) is 1.58. The maximum absolute atomic E-state index is 13.6. The molecule has 0 unspecified atom stereocenters. The van der Waals surface area contributed by atoms with Crippen LogP contribution < -0.4 is 5.32 Å². The van der Waals surface area contributed by atoms with Gasteiger partial charge in [-0.1, -0.05) is 0 Å². The number of hydrogen-bond acceptors (Lipinski definition) is 4. The molecule has 2 aromatic rings. The van der Waals surface area contributed by atoms with E-state index in [0.717, 1.165) is 6.07 Å². The molecule has 2 aliphatic rings. The summed E-state index contributed by atoms with van der Waals surface area (Å²) >= 11 is 0. The minimum atomic E-state index is -2.58. The van der Waals surface area contributed by atoms with E-state index >= 15 is 0 Å². The van der Waals surface area contributed by atoms with Crippen LogP contribution in [-0.4, -0.2) is 70.3 Å². The van der Waals surface area contributed by atoms with E-state index in [1.54, 1.807) is 16.6 Å². The van der Waals surface area contributed by atoms with Gasteiger partial charge in [-0.2, -0.15) is 5.10 Å². The summed E-state index contributed by atoms with van der Waals surface area (Å²) < 4.78 is 45.0. The third-order valence-electron chi connectivity index (χ3n) is 6.07. The van der Waals surface area contributed by atoms with E-state index in [1.165, 1.54) is 17.0 Å². The number of benzene rings is 1. The van der Waals surface area contributed by atoms with Gasteiger partial charge in [-0.15, -0.1) is 0 Å². The number of fused-ring (bicyclic) bond motifs is 3. The Morgan fingerprint density at radius 2 is 2.18 bits per heavy atom. The molecule has 4 rings (SSSR count). The number of nitrogens with one attached hydrogen (secondary N) is 1. The number of ether oxygens (including phenoxy) is 1. The second kappa shape index (κ2) is 9.34. The molecule has 1 N–H and O–H groups in total. The van der Waals surface area contributed by atoms with Crippen LogP contribution in [-0.2, 0) is 24.2 Å². The van der Waals surface area contributed by atoms with E-state index in [4.69, 9.17) is 11.3 Å². The number of rotatable bonds is 5. The summed E-state index contributed by atoms with van der Waals surface area (Å²) in [6.45, 7) is 8.58. The van der Waals surface area contributed by atoms with Crippen LogP contribution in [0.4, 0.5) is 29.3 Å². The quantitative estimate of drug-likeness (QED) is 0.672. The highest BCUT2D eigenvalue weighted by atomic mass is 19.3. The third-order valence-corrected chi connectivity index (χ3v) is 6.07. The van der Waals surface area contributed by atoms with E-state index in [1.807, 2.05) is 6.92 Å². The first kappa shape index (κ1) is 23.6. The highest BCUT2D eigenvalue weighted by Gasteiger charge is 2.39. The van der Waals surface area contributed by atoms with Crippen LogP contribution in [0, 0.1) is 12.4 Å². The molecule has 34 heavy (non-hydrogen) atoms. The first-order valence-corrected chi connectivity index (χ1v) is 10.7. The number of hydrogen-bond donors (Lipinski definition) is 1. The van der Waals surface area contributed by atoms with Crippen LogP contribution >= 0.6 is 0 Å². The first-order valence-electron chi connectivity index (χ1n) is 10.7. The molecule has 2 atom stereocenters. The zero-order chi connectivity index (χ0) is 24.6. The van der Waals surface area contributed by atoms with Gasteiger partial charge in [-0.25, -0.2) is 22.8 Å². The lowest BCUT2D eigenvalue weighted by atomic mass is 9.98. The number of alkyl halides is 2. The third kappa shape index (κ3) is 4.43. The Hall–Kier alpha value is -3.59. The van der Waals surface area contributed by atoms with Gasteiger partial charge in [-0.05, 0) is 25.1 Å². The Morgan fingerprint density at radius 3 is 2.88 bits per heavy atom. The van der Waals surface area contributed by atoms with E-state index in [2.05, 4.69) is 15.3 Å². The summed E-state index contributed by atoms with van der Waals surface area (Å²) in [6.07, 6.45) is -2.16. The monoisotopic (exact) mass is 476 g/mol. The Morgan fingerprint density at radius 1 is 1.41 bits per heavy atom. The maximum Gasteiger partial charge on any atom is 0.322 e. The summed E-state index contributed by atoms with van der Waals surface area (Å²) in [5.41, 5.74) is 1.80. The zero-order valence-corrected chi connectivity index (χ0v) is 18.6. The Kier molecular flexibility index (Phi) is 6.47. The molecule has 0 bridgehead atoms. The molecule has 0 fully saturated rings. The summed E-state index contributed by atoms with van der Waals surface area (Å²) in [4.78, 5) is 32.2. The molecule has 1 aromatic carbocycles. The van der Waals surface area contributed by atoms with Crippen molar-refractivity contribution in [2.75, 3.05) is 25.6 Å². The van der Waals surface area contributed by atoms with Gasteiger partial charge < -0.3 is 19.9 Å². The van der Waals surface area contributed by atoms with Gasteiger partial charge >= 0.3 is 6.03 Å². The van der Waals surface area contributed by atoms with Gasteiger partial charge in [0.2, 0.25) is 5.69 Å². The van der Waals surface area contributed by atoms with Crippen LogP contribution in [0.25, 0.3) is 4.85 Å². The van der Waals surface area contributed by atoms with E-state index in [0.29, 0.717) is 29.9 Å². The van der Waals surface area contributed by atoms with Crippen LogP contribution in [0.3, 0.4) is 0 Å². The van der Waals surface area contributed by atoms with Gasteiger partial charge in [0.1, 0.15) is 18.1 Å². The number of urea groups is 1. The standard InChI is InChI=1S/C22H23F3N6O3/c1-12-6-17-15(9-30(12)22(33)27-13-4-5-16(23)18(7-13)26-2)20-21(32)29(3)14(8-31(20)28-17)10-34-11-19(24)25/h4-5,7,12,14,19H,6,8-11H2,1,3H3,(H,27,33)/t12-,14+/m1/s1. The first-order chi connectivity index (χ1) is 16.2. The zero-order valence-electron chi connectivity index (χ0n) is 18.6. The van der Waals surface area contributed by atoms with E-state index in [9.17, 15) is 22.8 Å². The minimum absolute atomic E-state index is 0.0360. The lowest BCUT2D eigenvalue weighted by molar-refractivity contribution is -0.00905. The number of nitrogens with zero attached hydrogens (tertiary/aromatic N) is 5. The van der Waals surface area contributed by atoms with Crippen molar-refractivity contribution in [3.63, 3.8) is 0 Å². The predicted molar refractivity (Wildman–Crippen MR) is 115 cm³/mol. The lowest BCUT2D eigenvalue weighted by Gasteiger charge is -2.35. The normalized spacial score (nSPS) is 19.6. The topological polar surface area (TPSA) is 84.1 Å². The number of anilines is 1. The Balaban J connectivity index is 1.52. The Bertz CT molecular complexity index is 1160. The fraction of sp³-hybridized carbons (Fsp3) is 0.455. The molecule has 1 aromatic heterocycles. The van der Waals surface area contributed by atoms with E-state index < -0.39 is 30.9 Å². The molecule has 0 saturated carbocycles. The molecule has 12 heteroatoms. The molecule has 9 nitrogen and oxygen atoms in total. The number of carbonyl (C=O) groups excluding carboxylic acids is 2. The van der Waals surface area contributed by atoms with Crippen LogP contribution in [0.5, 0.6) is 0 Å². The molecule has 0 spiro atoms. The average molecular weight is 476 g/mol. The lowest BCUT2D eigenvalue weighted by Crippen LogP contribution is -2.49. The van der Waals surface area contributed by atoms with Gasteiger partial charge in [0, 0.05) is 30.8 Å². The minimum Gasteiger partial charge on any atom is -0.373 e. The average Bonchev–Trinajstić information content (AvgIpc) is 3.14. The van der Waals surface area contributed by atoms with Crippen molar-refractivity contribution in [2.45, 2.75) is 44.9 Å². The van der Waals surface area contributed by atoms with Gasteiger partial charge in [-0.3, -0.25) is 9.48 Å².